The highest BCUT2D eigenvalue weighted by molar-refractivity contribution is 5.94. The monoisotopic (exact) mass is 480 g/mol. The molecule has 4 aromatic rings. The highest BCUT2D eigenvalue weighted by atomic mass is 19.4. The van der Waals surface area contributed by atoms with Crippen molar-refractivity contribution in [2.75, 3.05) is 7.11 Å². The van der Waals surface area contributed by atoms with E-state index in [1.165, 1.54) is 12.1 Å². The number of halogens is 3. The van der Waals surface area contributed by atoms with Crippen molar-refractivity contribution in [3.8, 4) is 5.75 Å². The van der Waals surface area contributed by atoms with Gasteiger partial charge in [0, 0.05) is 43.4 Å². The first kappa shape index (κ1) is 24.0. The van der Waals surface area contributed by atoms with Gasteiger partial charge in [-0.3, -0.25) is 9.78 Å². The maximum absolute atomic E-state index is 13.4. The Hall–Kier alpha value is -4.14. The van der Waals surface area contributed by atoms with Crippen molar-refractivity contribution in [1.82, 2.24) is 19.4 Å². The van der Waals surface area contributed by atoms with Gasteiger partial charge in [0.25, 0.3) is 5.91 Å². The summed E-state index contributed by atoms with van der Waals surface area (Å²) >= 11 is 0. The lowest BCUT2D eigenvalue weighted by atomic mass is 10.1. The normalized spacial score (nSPS) is 11.3. The minimum Gasteiger partial charge on any atom is -0.497 e. The molecular formula is C26H23F3N4O2. The Morgan fingerprint density at radius 2 is 1.71 bits per heavy atom. The van der Waals surface area contributed by atoms with E-state index in [2.05, 4.69) is 9.97 Å². The number of methoxy groups -OCH3 is 1. The lowest BCUT2D eigenvalue weighted by Crippen LogP contribution is -2.31. The van der Waals surface area contributed by atoms with Crippen LogP contribution in [0.2, 0.25) is 0 Å². The van der Waals surface area contributed by atoms with Crippen LogP contribution in [-0.4, -0.2) is 32.5 Å². The van der Waals surface area contributed by atoms with Crippen LogP contribution in [0.15, 0.2) is 85.5 Å². The second-order valence-electron chi connectivity index (χ2n) is 7.92. The molecule has 0 unspecified atom stereocenters. The molecule has 0 bridgehead atoms. The van der Waals surface area contributed by atoms with Gasteiger partial charge in [-0.05, 0) is 53.6 Å². The van der Waals surface area contributed by atoms with E-state index < -0.39 is 11.7 Å². The van der Waals surface area contributed by atoms with E-state index in [1.54, 1.807) is 67.1 Å². The minimum absolute atomic E-state index is 0.194. The molecule has 0 radical (unpaired) electrons. The molecule has 35 heavy (non-hydrogen) atoms. The zero-order valence-corrected chi connectivity index (χ0v) is 18.9. The number of benzene rings is 2. The van der Waals surface area contributed by atoms with Gasteiger partial charge in [0.05, 0.1) is 19.2 Å². The average Bonchev–Trinajstić information content (AvgIpc) is 3.30. The van der Waals surface area contributed by atoms with Gasteiger partial charge >= 0.3 is 6.18 Å². The number of carbonyl (C=O) groups excluding carboxylic acids is 1. The molecule has 0 aliphatic carbocycles. The summed E-state index contributed by atoms with van der Waals surface area (Å²) in [7, 11) is 1.56. The van der Waals surface area contributed by atoms with Crippen LogP contribution in [0.3, 0.4) is 0 Å². The number of hydrogen-bond donors (Lipinski definition) is 0. The number of ether oxygens (including phenoxy) is 1. The number of hydrogen-bond acceptors (Lipinski definition) is 4. The van der Waals surface area contributed by atoms with Gasteiger partial charge in [-0.25, -0.2) is 4.98 Å². The third-order valence-corrected chi connectivity index (χ3v) is 5.49. The maximum Gasteiger partial charge on any atom is 0.416 e. The van der Waals surface area contributed by atoms with Gasteiger partial charge in [0.2, 0.25) is 0 Å². The molecule has 6 nitrogen and oxygen atoms in total. The number of amides is 1. The van der Waals surface area contributed by atoms with Crippen LogP contribution in [0.25, 0.3) is 0 Å². The fraction of sp³-hybridized carbons (Fsp3) is 0.192. The number of rotatable bonds is 8. The van der Waals surface area contributed by atoms with Crippen molar-refractivity contribution < 1.29 is 22.7 Å². The standard InChI is InChI=1S/C26H23F3N4O2/c1-35-23-10-6-21(7-11-23)25(34)33(17-20-3-2-12-30-15-20)18-24-31-13-14-32(24)16-19-4-8-22(9-5-19)26(27,28)29/h2-15H,16-18H2,1H3. The second-order valence-corrected chi connectivity index (χ2v) is 7.92. The fourth-order valence-electron chi connectivity index (χ4n) is 3.63. The van der Waals surface area contributed by atoms with Crippen LogP contribution in [-0.2, 0) is 25.8 Å². The zero-order chi connectivity index (χ0) is 24.8. The first-order chi connectivity index (χ1) is 16.8. The molecule has 0 saturated carbocycles. The summed E-state index contributed by atoms with van der Waals surface area (Å²) in [4.78, 5) is 23.6. The number of aromatic nitrogens is 3. The van der Waals surface area contributed by atoms with Crippen molar-refractivity contribution >= 4 is 5.91 Å². The van der Waals surface area contributed by atoms with Crippen molar-refractivity contribution in [2.45, 2.75) is 25.8 Å². The summed E-state index contributed by atoms with van der Waals surface area (Å²) in [5.74, 6) is 1.06. The first-order valence-corrected chi connectivity index (χ1v) is 10.8. The fourth-order valence-corrected chi connectivity index (χ4v) is 3.63. The SMILES string of the molecule is COc1ccc(C(=O)N(Cc2cccnc2)Cc2nccn2Cc2ccc(C(F)(F)F)cc2)cc1. The second kappa shape index (κ2) is 10.4. The number of carbonyl (C=O) groups is 1. The Bertz CT molecular complexity index is 1250. The Kier molecular flexibility index (Phi) is 7.14. The molecule has 0 saturated heterocycles. The molecule has 2 heterocycles. The maximum atomic E-state index is 13.4. The van der Waals surface area contributed by atoms with Crippen LogP contribution >= 0.6 is 0 Å². The topological polar surface area (TPSA) is 60.2 Å². The van der Waals surface area contributed by atoms with Gasteiger partial charge < -0.3 is 14.2 Å². The third-order valence-electron chi connectivity index (χ3n) is 5.49. The molecular weight excluding hydrogens is 457 g/mol. The van der Waals surface area contributed by atoms with Gasteiger partial charge in [0.1, 0.15) is 11.6 Å². The number of pyridine rings is 1. The summed E-state index contributed by atoms with van der Waals surface area (Å²) in [5.41, 5.74) is 1.35. The number of imidazole rings is 1. The lowest BCUT2D eigenvalue weighted by molar-refractivity contribution is -0.137. The van der Waals surface area contributed by atoms with Crippen LogP contribution in [0.1, 0.15) is 32.9 Å². The van der Waals surface area contributed by atoms with Crippen molar-refractivity contribution in [3.63, 3.8) is 0 Å². The quantitative estimate of drug-likeness (QED) is 0.348. The van der Waals surface area contributed by atoms with Gasteiger partial charge in [-0.2, -0.15) is 13.2 Å². The molecule has 4 rings (SSSR count). The van der Waals surface area contributed by atoms with Gasteiger partial charge in [-0.1, -0.05) is 18.2 Å². The molecule has 0 spiro atoms. The summed E-state index contributed by atoms with van der Waals surface area (Å²) in [6, 6.07) is 15.6. The van der Waals surface area contributed by atoms with Crippen LogP contribution in [0.4, 0.5) is 13.2 Å². The molecule has 2 aromatic carbocycles. The predicted octanol–water partition coefficient (Wildman–Crippen LogP) is 5.20. The van der Waals surface area contributed by atoms with Crippen LogP contribution in [0.5, 0.6) is 5.75 Å². The number of alkyl halides is 3. The molecule has 9 heteroatoms. The smallest absolute Gasteiger partial charge is 0.416 e. The Labute approximate surface area is 200 Å². The molecule has 0 atom stereocenters. The molecule has 0 aliphatic heterocycles. The number of nitrogens with zero attached hydrogens (tertiary/aromatic N) is 4. The Morgan fingerprint density at radius 3 is 2.34 bits per heavy atom. The average molecular weight is 480 g/mol. The summed E-state index contributed by atoms with van der Waals surface area (Å²) < 4.78 is 45.6. The van der Waals surface area contributed by atoms with Crippen molar-refractivity contribution in [2.24, 2.45) is 0 Å². The van der Waals surface area contributed by atoms with E-state index in [9.17, 15) is 18.0 Å². The largest absolute Gasteiger partial charge is 0.497 e. The molecule has 1 amide bonds. The van der Waals surface area contributed by atoms with E-state index in [4.69, 9.17) is 4.74 Å². The van der Waals surface area contributed by atoms with Gasteiger partial charge in [-0.15, -0.1) is 0 Å². The summed E-state index contributed by atoms with van der Waals surface area (Å²) in [6.07, 6.45) is 2.33. The third kappa shape index (κ3) is 6.06. The zero-order valence-electron chi connectivity index (χ0n) is 18.9. The van der Waals surface area contributed by atoms with Crippen LogP contribution < -0.4 is 4.74 Å². The molecule has 180 valence electrons. The van der Waals surface area contributed by atoms with Gasteiger partial charge in [0.15, 0.2) is 0 Å². The molecule has 0 aliphatic rings. The molecule has 0 fully saturated rings. The van der Waals surface area contributed by atoms with Crippen molar-refractivity contribution in [3.05, 3.63) is 114 Å². The highest BCUT2D eigenvalue weighted by Crippen LogP contribution is 2.29. The predicted molar refractivity (Wildman–Crippen MR) is 124 cm³/mol. The van der Waals surface area contributed by atoms with E-state index in [-0.39, 0.29) is 12.5 Å². The summed E-state index contributed by atoms with van der Waals surface area (Å²) in [6.45, 7) is 0.837. The van der Waals surface area contributed by atoms with E-state index >= 15 is 0 Å². The molecule has 2 aromatic heterocycles. The minimum atomic E-state index is -4.38. The van der Waals surface area contributed by atoms with Crippen molar-refractivity contribution in [1.29, 1.82) is 0 Å². The molecule has 0 N–H and O–H groups in total. The highest BCUT2D eigenvalue weighted by Gasteiger charge is 2.30. The Morgan fingerprint density at radius 1 is 0.971 bits per heavy atom. The van der Waals surface area contributed by atoms with E-state index in [0.717, 1.165) is 17.7 Å². The van der Waals surface area contributed by atoms with E-state index in [0.29, 0.717) is 35.8 Å². The van der Waals surface area contributed by atoms with Crippen LogP contribution in [0, 0.1) is 0 Å². The first-order valence-electron chi connectivity index (χ1n) is 10.8. The summed E-state index contributed by atoms with van der Waals surface area (Å²) in [5, 5.41) is 0. The Balaban J connectivity index is 1.56. The van der Waals surface area contributed by atoms with E-state index in [1.807, 2.05) is 10.6 Å². The lowest BCUT2D eigenvalue weighted by Gasteiger charge is -2.23.